The molecule has 0 aromatic heterocycles. The van der Waals surface area contributed by atoms with E-state index in [9.17, 15) is 105 Å². The maximum absolute atomic E-state index is 14.2. The fourth-order valence-corrected chi connectivity index (χ4v) is 16.4. The summed E-state index contributed by atoms with van der Waals surface area (Å²) >= 11 is 0. The molecule has 0 atom stereocenters. The third-order valence-electron chi connectivity index (χ3n) is 15.8. The summed E-state index contributed by atoms with van der Waals surface area (Å²) in [6, 6.07) is 66.4. The van der Waals surface area contributed by atoms with Crippen molar-refractivity contribution < 1.29 is 128 Å². The summed E-state index contributed by atoms with van der Waals surface area (Å²) in [4.78, 5) is 0. The summed E-state index contributed by atoms with van der Waals surface area (Å²) in [6.45, 7) is 2.08. The minimum atomic E-state index is -6.13. The molecule has 11 aromatic carbocycles. The van der Waals surface area contributed by atoms with Gasteiger partial charge in [0.1, 0.15) is 38.0 Å². The van der Waals surface area contributed by atoms with Crippen molar-refractivity contribution in [3.63, 3.8) is 0 Å². The van der Waals surface area contributed by atoms with E-state index in [0.29, 0.717) is 0 Å². The molecule has 0 aliphatic carbocycles. The van der Waals surface area contributed by atoms with Crippen molar-refractivity contribution in [2.24, 2.45) is 0 Å². The summed E-state index contributed by atoms with van der Waals surface area (Å²) in [5.41, 5.74) is -28.9. The molecule has 0 saturated heterocycles. The van der Waals surface area contributed by atoms with E-state index in [2.05, 4.69) is 201 Å². The molecule has 11 aromatic rings. The molecule has 0 aliphatic heterocycles. The molecule has 0 nitrogen and oxygen atoms in total. The van der Waals surface area contributed by atoms with Gasteiger partial charge in [0.15, 0.2) is 0 Å². The van der Waals surface area contributed by atoms with Gasteiger partial charge in [-0.2, -0.15) is 127 Å². The van der Waals surface area contributed by atoms with Gasteiger partial charge in [0.05, 0.1) is 60.4 Å². The molecule has 542 valence electrons. The van der Waals surface area contributed by atoms with Crippen LogP contribution in [0.4, 0.5) is 105 Å². The average Bonchev–Trinajstić information content (AvgIpc) is 0.707. The second-order valence-corrected chi connectivity index (χ2v) is 27.8. The van der Waals surface area contributed by atoms with Gasteiger partial charge in [-0.1, -0.05) is 194 Å². The molecule has 0 spiro atoms. The van der Waals surface area contributed by atoms with E-state index in [0.717, 1.165) is 0 Å². The van der Waals surface area contributed by atoms with E-state index < -0.39 is 211 Å². The van der Waals surface area contributed by atoms with Crippen LogP contribution in [-0.4, -0.2) is 6.15 Å². The standard InChI is InChI=1S/C32H12BF24.2C18H15P.C7H8.Au/c34-25(35,36)13-1-14(26(37,38)39)6-21(5-13)33(22-7-15(27(40,41)42)2-16(8-22)28(43,44)45,23-9-17(29(46,47)48)3-18(10-23)30(49,50)51)24-11-19(31(52,53)54)4-20(12-24)32(55,56)57;2*1-4-10-16(11-5-1)19(17-12-6-2-7-13-17)18-14-8-3-9-15-18;1-7-5-3-2-4-6-7;/h1-12H;2*1-15H;2-6H,1H3;/q-1;;;;+1/p+2. The van der Waals surface area contributed by atoms with Crippen LogP contribution >= 0.6 is 15.8 Å². The zero-order valence-electron chi connectivity index (χ0n) is 52.6. The molecule has 0 bridgehead atoms. The Bertz CT molecular complexity index is 3770. The monoisotopic (exact) mass is 1680 g/mol. The van der Waals surface area contributed by atoms with E-state index >= 15 is 0 Å². The van der Waals surface area contributed by atoms with Gasteiger partial charge < -0.3 is 0 Å². The summed E-state index contributed by atoms with van der Waals surface area (Å²) in [7, 11) is -1.75. The van der Waals surface area contributed by atoms with Gasteiger partial charge in [0, 0.05) is 0 Å². The number of hydrogen-bond acceptors (Lipinski definition) is 0. The molecule has 0 fully saturated rings. The van der Waals surface area contributed by atoms with E-state index in [-0.39, 0.29) is 22.4 Å². The molecule has 0 N–H and O–H groups in total. The summed E-state index contributed by atoms with van der Waals surface area (Å²) in [5.74, 6) is 0. The van der Waals surface area contributed by atoms with Crippen LogP contribution in [0.15, 0.2) is 285 Å². The number of aryl methyl sites for hydroxylation is 1. The largest absolute Gasteiger partial charge is 1.00 e. The molecule has 0 radical (unpaired) electrons. The SMILES string of the molecule is Cc1ccccc1.FC(F)(F)c1cc([B-](c2cc(C(F)(F)F)cc(C(F)(F)F)c2)(c2cc(C(F)(F)F)cc(C(F)(F)F)c2)c2cc(C(F)(F)F)cc(C(F)(F)F)c2)cc(C(F)(F)F)c1.[Au+].c1ccc([PH+](c2ccccc2)c2ccccc2)cc1.c1ccc([PH+](c2ccccc2)c2ccccc2)cc1. The maximum Gasteiger partial charge on any atom is 1.00 e. The Morgan fingerprint density at radius 1 is 0.194 bits per heavy atom. The van der Waals surface area contributed by atoms with E-state index in [1.54, 1.807) is 0 Å². The van der Waals surface area contributed by atoms with Crippen molar-refractivity contribution in [3.8, 4) is 0 Å². The fraction of sp³-hybridized carbons (Fsp3) is 0.120. The first-order chi connectivity index (χ1) is 47.6. The first-order valence-corrected chi connectivity index (χ1v) is 33.0. The third-order valence-corrected chi connectivity index (χ3v) is 21.2. The van der Waals surface area contributed by atoms with Gasteiger partial charge in [-0.25, -0.2) is 0 Å². The Morgan fingerprint density at radius 2 is 0.320 bits per heavy atom. The minimum Gasteiger partial charge on any atom is -0.194 e. The summed E-state index contributed by atoms with van der Waals surface area (Å²) in [6.07, 6.45) is -54.8. The Kier molecular flexibility index (Phi) is 26.2. The fourth-order valence-electron chi connectivity index (χ4n) is 11.2. The molecule has 0 heterocycles. The topological polar surface area (TPSA) is 0 Å². The quantitative estimate of drug-likeness (QED) is 0.0727. The smallest absolute Gasteiger partial charge is 0.194 e. The predicted octanol–water partition coefficient (Wildman–Crippen LogP) is 19.6. The average molecular weight is 1680 g/mol. The minimum absolute atomic E-state index is 0. The zero-order chi connectivity index (χ0) is 74.9. The maximum atomic E-state index is 14.2. The van der Waals surface area contributed by atoms with Crippen LogP contribution in [0, 0.1) is 6.92 Å². The van der Waals surface area contributed by atoms with E-state index in [4.69, 9.17) is 0 Å². The molecule has 0 unspecified atom stereocenters. The molecular weight excluding hydrogens is 1630 g/mol. The van der Waals surface area contributed by atoms with Crippen molar-refractivity contribution >= 4 is 75.7 Å². The van der Waals surface area contributed by atoms with Crippen LogP contribution in [0.3, 0.4) is 0 Å². The van der Waals surface area contributed by atoms with Crippen LogP contribution in [0.5, 0.6) is 0 Å². The van der Waals surface area contributed by atoms with Gasteiger partial charge in [-0.05, 0) is 104 Å². The Morgan fingerprint density at radius 3 is 0.427 bits per heavy atom. The Labute approximate surface area is 592 Å². The molecule has 28 heteroatoms. The molecule has 103 heavy (non-hydrogen) atoms. The zero-order valence-corrected chi connectivity index (χ0v) is 56.8. The van der Waals surface area contributed by atoms with Gasteiger partial charge in [0.25, 0.3) is 0 Å². The predicted molar refractivity (Wildman–Crippen MR) is 354 cm³/mol. The van der Waals surface area contributed by atoms with E-state index in [1.165, 1.54) is 37.4 Å². The number of benzene rings is 11. The number of hydrogen-bond donors (Lipinski definition) is 0. The van der Waals surface area contributed by atoms with Crippen LogP contribution in [0.2, 0.25) is 0 Å². The molecule has 0 amide bonds. The Balaban J connectivity index is 0.000000256. The van der Waals surface area contributed by atoms with Crippen molar-refractivity contribution in [1.29, 1.82) is 0 Å². The van der Waals surface area contributed by atoms with Crippen molar-refractivity contribution in [2.75, 3.05) is 0 Å². The third kappa shape index (κ3) is 21.3. The second kappa shape index (κ2) is 33.0. The number of halogens is 24. The molecule has 0 aliphatic rings. The van der Waals surface area contributed by atoms with Crippen LogP contribution in [-0.2, 0) is 71.8 Å². The second-order valence-electron chi connectivity index (χ2n) is 22.8. The van der Waals surface area contributed by atoms with Gasteiger partial charge >= 0.3 is 71.8 Å². The summed E-state index contributed by atoms with van der Waals surface area (Å²) < 4.78 is 341. The number of rotatable bonds is 10. The first kappa shape index (κ1) is 81.7. The summed E-state index contributed by atoms with van der Waals surface area (Å²) in [5, 5.41) is 8.61. The van der Waals surface area contributed by atoms with Crippen molar-refractivity contribution in [1.82, 2.24) is 0 Å². The van der Waals surface area contributed by atoms with Crippen LogP contribution in [0.1, 0.15) is 50.1 Å². The van der Waals surface area contributed by atoms with Gasteiger partial charge in [0.2, 0.25) is 0 Å². The van der Waals surface area contributed by atoms with Gasteiger partial charge in [-0.15, -0.1) is 0 Å². The Hall–Kier alpha value is -8.59. The van der Waals surface area contributed by atoms with E-state index in [1.807, 2.05) is 18.2 Å². The van der Waals surface area contributed by atoms with Crippen LogP contribution in [0.25, 0.3) is 0 Å². The van der Waals surface area contributed by atoms with Crippen molar-refractivity contribution in [3.05, 3.63) is 335 Å². The molecule has 0 saturated carbocycles. The van der Waals surface area contributed by atoms with Gasteiger partial charge in [-0.3, -0.25) is 0 Å². The number of alkyl halides is 24. The van der Waals surface area contributed by atoms with Crippen molar-refractivity contribution in [2.45, 2.75) is 56.3 Å². The first-order valence-electron chi connectivity index (χ1n) is 30.0. The molecule has 11 rings (SSSR count). The molecular formula is C75H52AuBF24P2+2. The van der Waals surface area contributed by atoms with Crippen LogP contribution < -0.4 is 53.7 Å². The normalized spacial score (nSPS) is 12.4.